The van der Waals surface area contributed by atoms with Crippen LogP contribution in [0, 0.1) is 18.8 Å². The third kappa shape index (κ3) is 3.53. The maximum atomic E-state index is 12.1. The third-order valence-electron chi connectivity index (χ3n) is 4.00. The Kier molecular flexibility index (Phi) is 4.46. The molecule has 0 amide bonds. The lowest BCUT2D eigenvalue weighted by atomic mass is 9.91. The first kappa shape index (κ1) is 16.0. The zero-order chi connectivity index (χ0) is 17.0. The molecule has 0 radical (unpaired) electrons. The third-order valence-corrected chi connectivity index (χ3v) is 4.00. The number of hydrogen-bond acceptors (Lipinski definition) is 2. The molecule has 1 unspecified atom stereocenters. The van der Waals surface area contributed by atoms with Gasteiger partial charge in [-0.1, -0.05) is 59.9 Å². The van der Waals surface area contributed by atoms with E-state index in [1.165, 1.54) is 17.7 Å². The fraction of sp³-hybridized carbons (Fsp3) is 0.136. The van der Waals surface area contributed by atoms with Gasteiger partial charge >= 0.3 is 0 Å². The van der Waals surface area contributed by atoms with Crippen LogP contribution in [0.1, 0.15) is 23.1 Å². The van der Waals surface area contributed by atoms with Gasteiger partial charge in [0.25, 0.3) is 0 Å². The minimum absolute atomic E-state index is 0.168. The molecule has 0 spiro atoms. The average molecular weight is 314 g/mol. The van der Waals surface area contributed by atoms with Crippen molar-refractivity contribution in [2.24, 2.45) is 0 Å². The van der Waals surface area contributed by atoms with Gasteiger partial charge in [-0.05, 0) is 42.8 Å². The number of carbonyl (C=O) groups excluding carboxylic acids is 1. The molecule has 0 saturated carbocycles. The molecule has 2 nitrogen and oxygen atoms in total. The highest BCUT2D eigenvalue weighted by Crippen LogP contribution is 2.31. The molecular weight excluding hydrogens is 296 g/mol. The van der Waals surface area contributed by atoms with Crippen LogP contribution in [0.25, 0.3) is 6.08 Å². The van der Waals surface area contributed by atoms with Gasteiger partial charge in [-0.25, -0.2) is 0 Å². The van der Waals surface area contributed by atoms with E-state index in [1.54, 1.807) is 6.08 Å². The first-order valence-electron chi connectivity index (χ1n) is 7.85. The molecular formula is C22H18O2. The van der Waals surface area contributed by atoms with Gasteiger partial charge in [0.2, 0.25) is 0 Å². The van der Waals surface area contributed by atoms with Gasteiger partial charge in [-0.15, -0.1) is 0 Å². The number of benzene rings is 2. The molecule has 1 aliphatic rings. The largest absolute Gasteiger partial charge is 0.380 e. The van der Waals surface area contributed by atoms with Crippen molar-refractivity contribution >= 4 is 11.9 Å². The van der Waals surface area contributed by atoms with Crippen LogP contribution in [-0.2, 0) is 4.79 Å². The lowest BCUT2D eigenvalue weighted by Crippen LogP contribution is -2.27. The monoisotopic (exact) mass is 314 g/mol. The second-order valence-electron chi connectivity index (χ2n) is 5.94. The van der Waals surface area contributed by atoms with Crippen LogP contribution in [0.4, 0.5) is 0 Å². The maximum Gasteiger partial charge on any atom is 0.184 e. The molecule has 1 atom stereocenters. The molecule has 0 aromatic heterocycles. The number of ketones is 1. The predicted molar refractivity (Wildman–Crippen MR) is 96.2 cm³/mol. The Morgan fingerprint density at radius 3 is 2.50 bits per heavy atom. The summed E-state index contributed by atoms with van der Waals surface area (Å²) in [4.78, 5) is 12.1. The van der Waals surface area contributed by atoms with Crippen LogP contribution in [-0.4, -0.2) is 16.5 Å². The summed E-state index contributed by atoms with van der Waals surface area (Å²) in [5, 5.41) is 10.8. The van der Waals surface area contributed by atoms with Crippen molar-refractivity contribution in [3.63, 3.8) is 0 Å². The zero-order valence-corrected chi connectivity index (χ0v) is 13.5. The van der Waals surface area contributed by atoms with Crippen molar-refractivity contribution < 1.29 is 9.90 Å². The van der Waals surface area contributed by atoms with Crippen LogP contribution in [0.5, 0.6) is 0 Å². The summed E-state index contributed by atoms with van der Waals surface area (Å²) in [5.41, 5.74) is 1.99. The van der Waals surface area contributed by atoms with Gasteiger partial charge in [0.05, 0.1) is 0 Å². The molecule has 118 valence electrons. The molecule has 0 heterocycles. The zero-order valence-electron chi connectivity index (χ0n) is 13.5. The number of aliphatic hydroxyl groups is 1. The van der Waals surface area contributed by atoms with Crippen molar-refractivity contribution in [2.75, 3.05) is 0 Å². The Morgan fingerprint density at radius 2 is 1.79 bits per heavy atom. The van der Waals surface area contributed by atoms with Crippen molar-refractivity contribution in [1.29, 1.82) is 0 Å². The van der Waals surface area contributed by atoms with E-state index in [9.17, 15) is 9.90 Å². The molecule has 0 saturated heterocycles. The Hall–Kier alpha value is -2.89. The summed E-state index contributed by atoms with van der Waals surface area (Å²) in [6.45, 7) is 2.02. The average Bonchev–Trinajstić information content (AvgIpc) is 2.86. The molecule has 3 rings (SSSR count). The lowest BCUT2D eigenvalue weighted by molar-refractivity contribution is -0.111. The summed E-state index contributed by atoms with van der Waals surface area (Å²) >= 11 is 0. The first-order chi connectivity index (χ1) is 11.6. The van der Waals surface area contributed by atoms with Crippen LogP contribution < -0.4 is 0 Å². The number of carbonyl (C=O) groups is 1. The lowest BCUT2D eigenvalue weighted by Gasteiger charge is -2.19. The van der Waals surface area contributed by atoms with E-state index in [-0.39, 0.29) is 12.2 Å². The summed E-state index contributed by atoms with van der Waals surface area (Å²) in [6.07, 6.45) is 4.87. The molecule has 2 aromatic carbocycles. The van der Waals surface area contributed by atoms with E-state index in [0.29, 0.717) is 5.57 Å². The maximum absolute atomic E-state index is 12.1. The minimum Gasteiger partial charge on any atom is -0.380 e. The van der Waals surface area contributed by atoms with E-state index >= 15 is 0 Å². The van der Waals surface area contributed by atoms with Crippen molar-refractivity contribution in [1.82, 2.24) is 0 Å². The van der Waals surface area contributed by atoms with E-state index < -0.39 is 5.60 Å². The highest BCUT2D eigenvalue weighted by atomic mass is 16.3. The summed E-state index contributed by atoms with van der Waals surface area (Å²) in [7, 11) is 0. The summed E-state index contributed by atoms with van der Waals surface area (Å²) in [6, 6.07) is 17.4. The summed E-state index contributed by atoms with van der Waals surface area (Å²) < 4.78 is 0. The smallest absolute Gasteiger partial charge is 0.184 e. The highest BCUT2D eigenvalue weighted by molar-refractivity contribution is 6.12. The van der Waals surface area contributed by atoms with E-state index in [4.69, 9.17) is 0 Å². The van der Waals surface area contributed by atoms with Gasteiger partial charge in [0, 0.05) is 17.6 Å². The molecule has 1 aliphatic carbocycles. The van der Waals surface area contributed by atoms with Crippen LogP contribution >= 0.6 is 0 Å². The van der Waals surface area contributed by atoms with Gasteiger partial charge in [-0.2, -0.15) is 0 Å². The number of aryl methyl sites for hydroxylation is 1. The van der Waals surface area contributed by atoms with Crippen molar-refractivity contribution in [3.8, 4) is 11.8 Å². The van der Waals surface area contributed by atoms with Gasteiger partial charge < -0.3 is 5.11 Å². The normalized spacial score (nSPS) is 20.9. The standard InChI is InChI=1S/C22H18O2/c1-17-9-11-18(12-10-17)8-5-14-22(24)15-13-21(23)20(22)16-19-6-3-2-4-7-19/h2-4,6-7,9-13,15-16,24H,14H2,1H3/b20-16-. The quantitative estimate of drug-likeness (QED) is 0.678. The Balaban J connectivity index is 1.83. The van der Waals surface area contributed by atoms with E-state index in [2.05, 4.69) is 11.8 Å². The molecule has 0 fully saturated rings. The number of allylic oxidation sites excluding steroid dienone is 1. The topological polar surface area (TPSA) is 37.3 Å². The highest BCUT2D eigenvalue weighted by Gasteiger charge is 2.36. The van der Waals surface area contributed by atoms with E-state index in [0.717, 1.165) is 11.1 Å². The second-order valence-corrected chi connectivity index (χ2v) is 5.94. The van der Waals surface area contributed by atoms with Crippen molar-refractivity contribution in [2.45, 2.75) is 18.9 Å². The molecule has 2 heteroatoms. The minimum atomic E-state index is -1.33. The van der Waals surface area contributed by atoms with Gasteiger partial charge in [0.1, 0.15) is 5.60 Å². The van der Waals surface area contributed by atoms with E-state index in [1.807, 2.05) is 61.5 Å². The number of rotatable bonds is 2. The van der Waals surface area contributed by atoms with Gasteiger partial charge in [0.15, 0.2) is 5.78 Å². The summed E-state index contributed by atoms with van der Waals surface area (Å²) in [5.74, 6) is 5.87. The molecule has 2 aromatic rings. The number of hydrogen-bond donors (Lipinski definition) is 1. The Labute approximate surface area is 142 Å². The first-order valence-corrected chi connectivity index (χ1v) is 7.85. The van der Waals surface area contributed by atoms with Gasteiger partial charge in [-0.3, -0.25) is 4.79 Å². The predicted octanol–water partition coefficient (Wildman–Crippen LogP) is 3.69. The van der Waals surface area contributed by atoms with Crippen LogP contribution in [0.15, 0.2) is 72.3 Å². The molecule has 1 N–H and O–H groups in total. The van der Waals surface area contributed by atoms with Crippen molar-refractivity contribution in [3.05, 3.63) is 89.0 Å². The second kappa shape index (κ2) is 6.70. The molecule has 0 bridgehead atoms. The molecule has 24 heavy (non-hydrogen) atoms. The van der Waals surface area contributed by atoms with Crippen LogP contribution in [0.2, 0.25) is 0 Å². The Morgan fingerprint density at radius 1 is 1.08 bits per heavy atom. The fourth-order valence-corrected chi connectivity index (χ4v) is 2.59. The Bertz CT molecular complexity index is 862. The fourth-order valence-electron chi connectivity index (χ4n) is 2.59. The van der Waals surface area contributed by atoms with Crippen LogP contribution in [0.3, 0.4) is 0 Å². The molecule has 0 aliphatic heterocycles. The SMILES string of the molecule is Cc1ccc(C#CCC2(O)C=CC(=O)/C2=C/c2ccccc2)cc1.